The summed E-state index contributed by atoms with van der Waals surface area (Å²) in [5, 5.41) is 56.1. The third kappa shape index (κ3) is 1.69. The van der Waals surface area contributed by atoms with Gasteiger partial charge in [-0.15, -0.1) is 0 Å². The summed E-state index contributed by atoms with van der Waals surface area (Å²) in [6.07, 6.45) is 0. The monoisotopic (exact) mass is 250 g/mol. The zero-order valence-corrected chi connectivity index (χ0v) is 8.99. The minimum Gasteiger partial charge on any atom is -0.504 e. The van der Waals surface area contributed by atoms with Crippen LogP contribution in [0.15, 0.2) is 24.3 Å². The van der Waals surface area contributed by atoms with Gasteiger partial charge in [-0.2, -0.15) is 0 Å². The van der Waals surface area contributed by atoms with Crippen molar-refractivity contribution in [3.63, 3.8) is 0 Å². The Hall–Kier alpha value is -2.76. The fourth-order valence-electron chi connectivity index (χ4n) is 1.56. The van der Waals surface area contributed by atoms with Crippen LogP contribution in [0.5, 0.6) is 34.5 Å². The Labute approximate surface area is 101 Å². The van der Waals surface area contributed by atoms with Crippen molar-refractivity contribution in [2.24, 2.45) is 0 Å². The average molecular weight is 250 g/mol. The topological polar surface area (TPSA) is 121 Å². The molecule has 6 nitrogen and oxygen atoms in total. The largest absolute Gasteiger partial charge is 0.504 e. The number of phenols is 6. The molecule has 6 heteroatoms. The van der Waals surface area contributed by atoms with Crippen molar-refractivity contribution in [2.75, 3.05) is 0 Å². The van der Waals surface area contributed by atoms with Crippen LogP contribution in [0.3, 0.4) is 0 Å². The molecule has 2 rings (SSSR count). The van der Waals surface area contributed by atoms with Gasteiger partial charge < -0.3 is 30.6 Å². The van der Waals surface area contributed by atoms with Gasteiger partial charge in [-0.3, -0.25) is 0 Å². The zero-order valence-electron chi connectivity index (χ0n) is 8.99. The van der Waals surface area contributed by atoms with Gasteiger partial charge >= 0.3 is 0 Å². The van der Waals surface area contributed by atoms with E-state index in [1.165, 1.54) is 6.07 Å². The fourth-order valence-corrected chi connectivity index (χ4v) is 1.56. The minimum absolute atomic E-state index is 0.0795. The molecule has 0 fully saturated rings. The van der Waals surface area contributed by atoms with Crippen molar-refractivity contribution in [1.82, 2.24) is 0 Å². The Morgan fingerprint density at radius 1 is 0.556 bits per heavy atom. The van der Waals surface area contributed by atoms with E-state index in [4.69, 9.17) is 0 Å². The van der Waals surface area contributed by atoms with E-state index in [0.29, 0.717) is 0 Å². The maximum absolute atomic E-state index is 9.65. The van der Waals surface area contributed by atoms with E-state index in [9.17, 15) is 30.6 Å². The van der Waals surface area contributed by atoms with Crippen molar-refractivity contribution in [3.8, 4) is 45.6 Å². The lowest BCUT2D eigenvalue weighted by Gasteiger charge is -2.09. The number of hydrogen-bond donors (Lipinski definition) is 6. The highest BCUT2D eigenvalue weighted by Crippen LogP contribution is 2.45. The van der Waals surface area contributed by atoms with E-state index in [1.54, 1.807) is 0 Å². The van der Waals surface area contributed by atoms with Crippen LogP contribution in [-0.2, 0) is 0 Å². The third-order valence-corrected chi connectivity index (χ3v) is 2.51. The molecule has 6 N–H and O–H groups in total. The lowest BCUT2D eigenvalue weighted by atomic mass is 10.0. The molecule has 0 aromatic heterocycles. The van der Waals surface area contributed by atoms with Crippen LogP contribution >= 0.6 is 0 Å². The second-order valence-electron chi connectivity index (χ2n) is 3.69. The molecule has 0 saturated heterocycles. The molecule has 18 heavy (non-hydrogen) atoms. The first-order chi connectivity index (χ1) is 8.41. The third-order valence-electron chi connectivity index (χ3n) is 2.51. The number of rotatable bonds is 1. The first-order valence-corrected chi connectivity index (χ1v) is 4.91. The molecule has 0 bridgehead atoms. The van der Waals surface area contributed by atoms with Crippen LogP contribution in [0.2, 0.25) is 0 Å². The molecule has 0 unspecified atom stereocenters. The quantitative estimate of drug-likeness (QED) is 0.427. The number of hydrogen-bond acceptors (Lipinski definition) is 6. The van der Waals surface area contributed by atoms with Crippen molar-refractivity contribution in [2.45, 2.75) is 0 Å². The molecule has 0 radical (unpaired) electrons. The van der Waals surface area contributed by atoms with E-state index in [0.717, 1.165) is 18.2 Å². The van der Waals surface area contributed by atoms with Crippen LogP contribution in [0, 0.1) is 0 Å². The number of aromatic hydroxyl groups is 6. The maximum Gasteiger partial charge on any atom is 0.200 e. The molecule has 0 atom stereocenters. The fraction of sp³-hybridized carbons (Fsp3) is 0. The molecule has 2 aromatic carbocycles. The van der Waals surface area contributed by atoms with Gasteiger partial charge in [0.05, 0.1) is 0 Å². The molecule has 2 aromatic rings. The van der Waals surface area contributed by atoms with Crippen molar-refractivity contribution < 1.29 is 30.6 Å². The first-order valence-electron chi connectivity index (χ1n) is 4.91. The average Bonchev–Trinajstić information content (AvgIpc) is 2.33. The molecule has 0 aliphatic rings. The van der Waals surface area contributed by atoms with Crippen LogP contribution in [-0.4, -0.2) is 30.6 Å². The highest BCUT2D eigenvalue weighted by molar-refractivity contribution is 5.78. The lowest BCUT2D eigenvalue weighted by molar-refractivity contribution is 0.366. The predicted octanol–water partition coefficient (Wildman–Crippen LogP) is 1.59. The van der Waals surface area contributed by atoms with Gasteiger partial charge in [0.15, 0.2) is 28.7 Å². The van der Waals surface area contributed by atoms with Gasteiger partial charge in [-0.25, -0.2) is 0 Å². The Kier molecular flexibility index (Phi) is 2.55. The maximum atomic E-state index is 9.65. The molecule has 0 spiro atoms. The molecule has 94 valence electrons. The SMILES string of the molecule is Oc1cc(-c2ccc(O)c(O)c2O)cc(O)c1O. The van der Waals surface area contributed by atoms with Crippen molar-refractivity contribution in [1.29, 1.82) is 0 Å². The van der Waals surface area contributed by atoms with Gasteiger partial charge in [0.25, 0.3) is 0 Å². The molecule has 0 aliphatic carbocycles. The van der Waals surface area contributed by atoms with E-state index in [2.05, 4.69) is 0 Å². The summed E-state index contributed by atoms with van der Waals surface area (Å²) in [6.45, 7) is 0. The normalized spacial score (nSPS) is 10.4. The van der Waals surface area contributed by atoms with Gasteiger partial charge in [-0.1, -0.05) is 0 Å². The summed E-state index contributed by atoms with van der Waals surface area (Å²) in [6, 6.07) is 4.63. The van der Waals surface area contributed by atoms with Crippen LogP contribution in [0.1, 0.15) is 0 Å². The molecule has 0 amide bonds. The van der Waals surface area contributed by atoms with Crippen molar-refractivity contribution in [3.05, 3.63) is 24.3 Å². The van der Waals surface area contributed by atoms with Crippen LogP contribution in [0.25, 0.3) is 11.1 Å². The Morgan fingerprint density at radius 2 is 1.11 bits per heavy atom. The summed E-state index contributed by atoms with van der Waals surface area (Å²) in [5.74, 6) is -3.63. The zero-order chi connectivity index (χ0) is 13.4. The molecule has 0 saturated carbocycles. The summed E-state index contributed by atoms with van der Waals surface area (Å²) in [7, 11) is 0. The molecular weight excluding hydrogens is 240 g/mol. The van der Waals surface area contributed by atoms with Gasteiger partial charge in [0.1, 0.15) is 0 Å². The smallest absolute Gasteiger partial charge is 0.200 e. The highest BCUT2D eigenvalue weighted by Gasteiger charge is 2.16. The second-order valence-corrected chi connectivity index (χ2v) is 3.69. The Morgan fingerprint density at radius 3 is 1.67 bits per heavy atom. The van der Waals surface area contributed by atoms with E-state index < -0.39 is 34.5 Å². The van der Waals surface area contributed by atoms with Gasteiger partial charge in [0, 0.05) is 5.56 Å². The second kappa shape index (κ2) is 3.92. The minimum atomic E-state index is -0.709. The van der Waals surface area contributed by atoms with E-state index >= 15 is 0 Å². The molecule has 0 heterocycles. The summed E-state index contributed by atoms with van der Waals surface area (Å²) >= 11 is 0. The summed E-state index contributed by atoms with van der Waals surface area (Å²) in [4.78, 5) is 0. The van der Waals surface area contributed by atoms with E-state index in [1.807, 2.05) is 0 Å². The van der Waals surface area contributed by atoms with Gasteiger partial charge in [0.2, 0.25) is 5.75 Å². The van der Waals surface area contributed by atoms with Crippen LogP contribution in [0.4, 0.5) is 0 Å². The van der Waals surface area contributed by atoms with E-state index in [-0.39, 0.29) is 11.1 Å². The first kappa shape index (κ1) is 11.7. The Bertz CT molecular complexity index is 597. The summed E-state index contributed by atoms with van der Waals surface area (Å²) in [5.41, 5.74) is 0.242. The Balaban J connectivity index is 2.67. The highest BCUT2D eigenvalue weighted by atomic mass is 16.3. The number of benzene rings is 2. The summed E-state index contributed by atoms with van der Waals surface area (Å²) < 4.78 is 0. The standard InChI is InChI=1S/C12H10O6/c13-7-2-1-6(10(16)12(7)18)5-3-8(14)11(17)9(15)4-5/h1-4,13-18H. The number of phenolic OH excluding ortho intramolecular Hbond substituents is 6. The van der Waals surface area contributed by atoms with Gasteiger partial charge in [-0.05, 0) is 29.8 Å². The predicted molar refractivity (Wildman–Crippen MR) is 61.9 cm³/mol. The van der Waals surface area contributed by atoms with Crippen LogP contribution < -0.4 is 0 Å². The lowest BCUT2D eigenvalue weighted by Crippen LogP contribution is -1.82. The molecule has 0 aliphatic heterocycles. The molecular formula is C12H10O6. The van der Waals surface area contributed by atoms with Crippen molar-refractivity contribution >= 4 is 0 Å².